The summed E-state index contributed by atoms with van der Waals surface area (Å²) in [6.07, 6.45) is 0.949. The third-order valence-electron chi connectivity index (χ3n) is 4.63. The summed E-state index contributed by atoms with van der Waals surface area (Å²) in [5.74, 6) is 1.00. The molecule has 0 aliphatic heterocycles. The quantitative estimate of drug-likeness (QED) is 0.461. The fourth-order valence-electron chi connectivity index (χ4n) is 3.14. The lowest BCUT2D eigenvalue weighted by Gasteiger charge is -2.08. The molecule has 1 heterocycles. The standard InChI is InChI=1S/C24H22N2O3/c1-3-16-11-12-22-21(13-16)26-24(29-22)18-8-5-9-19(14-18)25-23(27)17-7-6-10-20(15-17)28-4-2/h5-15H,3-4H2,1-2H3,(H,25,27). The largest absolute Gasteiger partial charge is 0.494 e. The number of aromatic nitrogens is 1. The van der Waals surface area contributed by atoms with Crippen molar-refractivity contribution in [3.05, 3.63) is 77.9 Å². The van der Waals surface area contributed by atoms with E-state index < -0.39 is 0 Å². The molecule has 0 spiro atoms. The Bertz CT molecular complexity index is 1160. The Morgan fingerprint density at radius 3 is 2.72 bits per heavy atom. The smallest absolute Gasteiger partial charge is 0.255 e. The highest BCUT2D eigenvalue weighted by molar-refractivity contribution is 6.04. The molecule has 0 atom stereocenters. The first-order chi connectivity index (χ1) is 14.2. The molecule has 0 aliphatic rings. The number of nitrogens with zero attached hydrogens (tertiary/aromatic N) is 1. The van der Waals surface area contributed by atoms with Crippen LogP contribution in [0.4, 0.5) is 5.69 Å². The molecule has 0 saturated carbocycles. The Kier molecular flexibility index (Phi) is 5.29. The van der Waals surface area contributed by atoms with Gasteiger partial charge in [-0.25, -0.2) is 4.98 Å². The molecule has 0 bridgehead atoms. The number of benzene rings is 3. The van der Waals surface area contributed by atoms with Crippen LogP contribution in [0.2, 0.25) is 0 Å². The van der Waals surface area contributed by atoms with Crippen molar-refractivity contribution < 1.29 is 13.9 Å². The van der Waals surface area contributed by atoms with Crippen molar-refractivity contribution in [2.45, 2.75) is 20.3 Å². The molecular formula is C24H22N2O3. The van der Waals surface area contributed by atoms with Gasteiger partial charge in [0.05, 0.1) is 6.61 Å². The van der Waals surface area contributed by atoms with Crippen LogP contribution in [-0.4, -0.2) is 17.5 Å². The number of anilines is 1. The molecule has 1 amide bonds. The molecule has 4 rings (SSSR count). The Hall–Kier alpha value is -3.60. The van der Waals surface area contributed by atoms with Gasteiger partial charge in [-0.1, -0.05) is 25.1 Å². The lowest BCUT2D eigenvalue weighted by Crippen LogP contribution is -2.12. The molecule has 5 heteroatoms. The lowest BCUT2D eigenvalue weighted by molar-refractivity contribution is 0.102. The van der Waals surface area contributed by atoms with E-state index in [-0.39, 0.29) is 5.91 Å². The molecule has 1 N–H and O–H groups in total. The third kappa shape index (κ3) is 4.14. The maximum atomic E-state index is 12.6. The maximum Gasteiger partial charge on any atom is 0.255 e. The van der Waals surface area contributed by atoms with Crippen LogP contribution in [0.5, 0.6) is 5.75 Å². The Morgan fingerprint density at radius 1 is 1.03 bits per heavy atom. The molecule has 0 aliphatic carbocycles. The number of carbonyl (C=O) groups excluding carboxylic acids is 1. The highest BCUT2D eigenvalue weighted by Gasteiger charge is 2.11. The summed E-state index contributed by atoms with van der Waals surface area (Å²) in [6.45, 7) is 4.57. The molecule has 0 saturated heterocycles. The second-order valence-corrected chi connectivity index (χ2v) is 6.67. The number of hydrogen-bond donors (Lipinski definition) is 1. The van der Waals surface area contributed by atoms with Crippen molar-refractivity contribution in [2.75, 3.05) is 11.9 Å². The van der Waals surface area contributed by atoms with Crippen molar-refractivity contribution in [2.24, 2.45) is 0 Å². The normalized spacial score (nSPS) is 10.8. The van der Waals surface area contributed by atoms with E-state index in [0.717, 1.165) is 23.1 Å². The van der Waals surface area contributed by atoms with Gasteiger partial charge in [0, 0.05) is 16.8 Å². The molecule has 0 fully saturated rings. The highest BCUT2D eigenvalue weighted by atomic mass is 16.5. The van der Waals surface area contributed by atoms with Crippen LogP contribution in [0.25, 0.3) is 22.6 Å². The van der Waals surface area contributed by atoms with Gasteiger partial charge in [0.15, 0.2) is 5.58 Å². The summed E-state index contributed by atoms with van der Waals surface area (Å²) < 4.78 is 11.4. The number of oxazole rings is 1. The molecule has 3 aromatic carbocycles. The van der Waals surface area contributed by atoms with E-state index in [1.54, 1.807) is 18.2 Å². The number of aryl methyl sites for hydroxylation is 1. The summed E-state index contributed by atoms with van der Waals surface area (Å²) in [5, 5.41) is 2.93. The Balaban J connectivity index is 1.57. The topological polar surface area (TPSA) is 64.4 Å². The van der Waals surface area contributed by atoms with Gasteiger partial charge in [-0.2, -0.15) is 0 Å². The molecule has 146 valence electrons. The number of nitrogens with one attached hydrogen (secondary N) is 1. The van der Waals surface area contributed by atoms with Gasteiger partial charge in [0.2, 0.25) is 5.89 Å². The van der Waals surface area contributed by atoms with E-state index >= 15 is 0 Å². The maximum absolute atomic E-state index is 12.6. The van der Waals surface area contributed by atoms with Crippen LogP contribution >= 0.6 is 0 Å². The van der Waals surface area contributed by atoms with E-state index in [9.17, 15) is 4.79 Å². The van der Waals surface area contributed by atoms with E-state index in [1.807, 2.05) is 55.5 Å². The SMILES string of the molecule is CCOc1cccc(C(=O)Nc2cccc(-c3nc4cc(CC)ccc4o3)c2)c1. The Morgan fingerprint density at radius 2 is 1.90 bits per heavy atom. The third-order valence-corrected chi connectivity index (χ3v) is 4.63. The number of hydrogen-bond acceptors (Lipinski definition) is 4. The van der Waals surface area contributed by atoms with Crippen molar-refractivity contribution >= 4 is 22.7 Å². The number of carbonyl (C=O) groups is 1. The van der Waals surface area contributed by atoms with Crippen LogP contribution in [0, 0.1) is 0 Å². The van der Waals surface area contributed by atoms with Gasteiger partial charge in [0.25, 0.3) is 5.91 Å². The minimum Gasteiger partial charge on any atom is -0.494 e. The monoisotopic (exact) mass is 386 g/mol. The van der Waals surface area contributed by atoms with Crippen LogP contribution in [0.3, 0.4) is 0 Å². The Labute approximate surface area is 169 Å². The van der Waals surface area contributed by atoms with Crippen molar-refractivity contribution in [1.82, 2.24) is 4.98 Å². The van der Waals surface area contributed by atoms with E-state index in [0.29, 0.717) is 29.5 Å². The zero-order valence-electron chi connectivity index (χ0n) is 16.4. The fraction of sp³-hybridized carbons (Fsp3) is 0.167. The summed E-state index contributed by atoms with van der Waals surface area (Å²) in [4.78, 5) is 17.2. The first-order valence-electron chi connectivity index (χ1n) is 9.70. The van der Waals surface area contributed by atoms with Gasteiger partial charge in [-0.15, -0.1) is 0 Å². The number of rotatable bonds is 6. The second kappa shape index (κ2) is 8.19. The molecule has 29 heavy (non-hydrogen) atoms. The second-order valence-electron chi connectivity index (χ2n) is 6.67. The number of fused-ring (bicyclic) bond motifs is 1. The van der Waals surface area contributed by atoms with Gasteiger partial charge < -0.3 is 14.5 Å². The highest BCUT2D eigenvalue weighted by Crippen LogP contribution is 2.27. The molecule has 1 aromatic heterocycles. The van der Waals surface area contributed by atoms with Crippen molar-refractivity contribution in [1.29, 1.82) is 0 Å². The molecule has 0 radical (unpaired) electrons. The van der Waals surface area contributed by atoms with E-state index in [4.69, 9.17) is 9.15 Å². The predicted molar refractivity (Wildman–Crippen MR) is 114 cm³/mol. The van der Waals surface area contributed by atoms with Crippen molar-refractivity contribution in [3.8, 4) is 17.2 Å². The zero-order valence-corrected chi connectivity index (χ0v) is 16.4. The minimum absolute atomic E-state index is 0.200. The summed E-state index contributed by atoms with van der Waals surface area (Å²) in [7, 11) is 0. The first kappa shape index (κ1) is 18.7. The van der Waals surface area contributed by atoms with Crippen LogP contribution in [0.15, 0.2) is 71.1 Å². The predicted octanol–water partition coefficient (Wildman–Crippen LogP) is 5.71. The van der Waals surface area contributed by atoms with Crippen LogP contribution < -0.4 is 10.1 Å². The average Bonchev–Trinajstić information content (AvgIpc) is 3.18. The zero-order chi connectivity index (χ0) is 20.2. The summed E-state index contributed by atoms with van der Waals surface area (Å²) >= 11 is 0. The number of ether oxygens (including phenoxy) is 1. The van der Waals surface area contributed by atoms with Crippen molar-refractivity contribution in [3.63, 3.8) is 0 Å². The molecule has 5 nitrogen and oxygen atoms in total. The fourth-order valence-corrected chi connectivity index (χ4v) is 3.14. The van der Waals surface area contributed by atoms with Crippen LogP contribution in [-0.2, 0) is 6.42 Å². The van der Waals surface area contributed by atoms with E-state index in [2.05, 4.69) is 17.2 Å². The molecule has 4 aromatic rings. The summed E-state index contributed by atoms with van der Waals surface area (Å²) in [5.41, 5.74) is 4.81. The average molecular weight is 386 g/mol. The van der Waals surface area contributed by atoms with E-state index in [1.165, 1.54) is 5.56 Å². The molecular weight excluding hydrogens is 364 g/mol. The number of amides is 1. The van der Waals surface area contributed by atoms with Gasteiger partial charge in [0.1, 0.15) is 11.3 Å². The minimum atomic E-state index is -0.200. The van der Waals surface area contributed by atoms with Gasteiger partial charge >= 0.3 is 0 Å². The van der Waals surface area contributed by atoms with Gasteiger partial charge in [-0.05, 0) is 67.4 Å². The molecule has 0 unspecified atom stereocenters. The first-order valence-corrected chi connectivity index (χ1v) is 9.70. The lowest BCUT2D eigenvalue weighted by atomic mass is 10.1. The van der Waals surface area contributed by atoms with Gasteiger partial charge in [-0.3, -0.25) is 4.79 Å². The van der Waals surface area contributed by atoms with Crippen LogP contribution in [0.1, 0.15) is 29.8 Å². The summed E-state index contributed by atoms with van der Waals surface area (Å²) in [6, 6.07) is 20.6.